The number of hydrogen-bond acceptors (Lipinski definition) is 4. The van der Waals surface area contributed by atoms with Gasteiger partial charge in [-0.1, -0.05) is 6.07 Å². The molecule has 1 fully saturated rings. The molecule has 2 N–H and O–H groups in total. The molecule has 120 valence electrons. The smallest absolute Gasteiger partial charge is 0.229 e. The van der Waals surface area contributed by atoms with Gasteiger partial charge in [0.2, 0.25) is 5.91 Å². The number of amides is 1. The lowest BCUT2D eigenvalue weighted by molar-refractivity contribution is -0.120. The molecule has 1 saturated heterocycles. The maximum Gasteiger partial charge on any atom is 0.229 e. The van der Waals surface area contributed by atoms with Crippen LogP contribution in [0.1, 0.15) is 31.2 Å². The quantitative estimate of drug-likeness (QED) is 0.668. The second-order valence-electron chi connectivity index (χ2n) is 5.95. The molecule has 5 heteroatoms. The minimum atomic E-state index is 0.110. The fourth-order valence-electron chi connectivity index (χ4n) is 3.20. The number of ether oxygens (including phenoxy) is 2. The summed E-state index contributed by atoms with van der Waals surface area (Å²) in [6, 6.07) is 5.79. The highest BCUT2D eigenvalue weighted by molar-refractivity contribution is 5.95. The molecule has 1 amide bonds. The second kappa shape index (κ2) is 7.11. The molecule has 2 aliphatic rings. The van der Waals surface area contributed by atoms with E-state index in [0.717, 1.165) is 55.8 Å². The lowest BCUT2D eigenvalue weighted by Gasteiger charge is -2.30. The van der Waals surface area contributed by atoms with E-state index in [1.54, 1.807) is 0 Å². The van der Waals surface area contributed by atoms with E-state index in [2.05, 4.69) is 0 Å². The molecule has 5 nitrogen and oxygen atoms in total. The summed E-state index contributed by atoms with van der Waals surface area (Å²) >= 11 is 0. The van der Waals surface area contributed by atoms with Crippen LogP contribution in [0.3, 0.4) is 0 Å². The maximum absolute atomic E-state index is 12.4. The van der Waals surface area contributed by atoms with Crippen molar-refractivity contribution in [3.63, 3.8) is 0 Å². The summed E-state index contributed by atoms with van der Waals surface area (Å²) in [6.07, 6.45) is 4.70. The number of benzene rings is 1. The minimum Gasteiger partial charge on any atom is -0.398 e. The number of nitrogens with zero attached hydrogens (tertiary/aromatic N) is 1. The van der Waals surface area contributed by atoms with Crippen LogP contribution in [0.5, 0.6) is 0 Å². The molecular weight excluding hydrogens is 280 g/mol. The Labute approximate surface area is 131 Å². The number of hydrogen-bond donors (Lipinski definition) is 1. The molecule has 1 aromatic carbocycles. The van der Waals surface area contributed by atoms with Crippen molar-refractivity contribution in [2.75, 3.05) is 37.0 Å². The first-order valence-corrected chi connectivity index (χ1v) is 8.13. The van der Waals surface area contributed by atoms with Gasteiger partial charge in [0.1, 0.15) is 0 Å². The summed E-state index contributed by atoms with van der Waals surface area (Å²) in [5, 5.41) is 0. The van der Waals surface area contributed by atoms with Gasteiger partial charge in [0.25, 0.3) is 0 Å². The van der Waals surface area contributed by atoms with Crippen LogP contribution in [-0.2, 0) is 20.7 Å². The molecule has 0 bridgehead atoms. The number of nitrogens with two attached hydrogens (primary N) is 1. The molecule has 0 spiro atoms. The van der Waals surface area contributed by atoms with Gasteiger partial charge in [0, 0.05) is 24.5 Å². The fraction of sp³-hybridized carbons (Fsp3) is 0.588. The van der Waals surface area contributed by atoms with E-state index in [-0.39, 0.29) is 12.0 Å². The van der Waals surface area contributed by atoms with Crippen LogP contribution < -0.4 is 10.6 Å². The lowest BCUT2D eigenvalue weighted by atomic mass is 9.99. The van der Waals surface area contributed by atoms with Crippen molar-refractivity contribution in [1.82, 2.24) is 0 Å². The van der Waals surface area contributed by atoms with Gasteiger partial charge in [-0.05, 0) is 43.4 Å². The first-order valence-electron chi connectivity index (χ1n) is 8.13. The standard InChI is InChI=1S/C17H24N2O3/c18-15-6-1-7-16-14(15)5-2-9-19(16)17(20)8-11-21-12-13-4-3-10-22-13/h1,6-7,13H,2-5,8-12,18H2. The van der Waals surface area contributed by atoms with E-state index < -0.39 is 0 Å². The van der Waals surface area contributed by atoms with Gasteiger partial charge in [-0.15, -0.1) is 0 Å². The number of carbonyl (C=O) groups excluding carboxylic acids is 1. The molecular formula is C17H24N2O3. The van der Waals surface area contributed by atoms with E-state index >= 15 is 0 Å². The van der Waals surface area contributed by atoms with E-state index in [0.29, 0.717) is 19.6 Å². The predicted molar refractivity (Wildman–Crippen MR) is 85.9 cm³/mol. The van der Waals surface area contributed by atoms with Crippen molar-refractivity contribution in [1.29, 1.82) is 0 Å². The van der Waals surface area contributed by atoms with Crippen molar-refractivity contribution in [2.24, 2.45) is 0 Å². The van der Waals surface area contributed by atoms with Crippen LogP contribution in [0.4, 0.5) is 11.4 Å². The van der Waals surface area contributed by atoms with E-state index in [4.69, 9.17) is 15.2 Å². The highest BCUT2D eigenvalue weighted by Crippen LogP contribution is 2.31. The number of carbonyl (C=O) groups is 1. The molecule has 0 aliphatic carbocycles. The Kier molecular flexibility index (Phi) is 4.95. The fourth-order valence-corrected chi connectivity index (χ4v) is 3.20. The van der Waals surface area contributed by atoms with Gasteiger partial charge in [-0.25, -0.2) is 0 Å². The van der Waals surface area contributed by atoms with Crippen LogP contribution in [0.2, 0.25) is 0 Å². The Balaban J connectivity index is 1.51. The zero-order valence-corrected chi connectivity index (χ0v) is 12.9. The number of nitrogen functional groups attached to an aromatic ring is 1. The molecule has 0 aromatic heterocycles. The normalized spacial score (nSPS) is 20.9. The van der Waals surface area contributed by atoms with Crippen LogP contribution in [0, 0.1) is 0 Å². The summed E-state index contributed by atoms with van der Waals surface area (Å²) in [4.78, 5) is 14.3. The first kappa shape index (κ1) is 15.3. The van der Waals surface area contributed by atoms with E-state index in [1.165, 1.54) is 0 Å². The molecule has 0 saturated carbocycles. The van der Waals surface area contributed by atoms with Gasteiger partial charge >= 0.3 is 0 Å². The van der Waals surface area contributed by atoms with Crippen LogP contribution in [-0.4, -0.2) is 38.4 Å². The lowest BCUT2D eigenvalue weighted by Crippen LogP contribution is -2.36. The molecule has 0 radical (unpaired) electrons. The summed E-state index contributed by atoms with van der Waals surface area (Å²) < 4.78 is 11.1. The maximum atomic E-state index is 12.4. The molecule has 1 atom stereocenters. The zero-order valence-electron chi connectivity index (χ0n) is 12.9. The molecule has 1 unspecified atom stereocenters. The van der Waals surface area contributed by atoms with E-state index in [9.17, 15) is 4.79 Å². The molecule has 3 rings (SSSR count). The van der Waals surface area contributed by atoms with Crippen LogP contribution in [0.25, 0.3) is 0 Å². The largest absolute Gasteiger partial charge is 0.398 e. The summed E-state index contributed by atoms with van der Waals surface area (Å²) in [5.74, 6) is 0.110. The monoisotopic (exact) mass is 304 g/mol. The molecule has 2 heterocycles. The topological polar surface area (TPSA) is 64.8 Å². The Morgan fingerprint density at radius 2 is 2.32 bits per heavy atom. The Hall–Kier alpha value is -1.59. The third-order valence-corrected chi connectivity index (χ3v) is 4.38. The SMILES string of the molecule is Nc1cccc2c1CCCN2C(=O)CCOCC1CCCO1. The van der Waals surface area contributed by atoms with Gasteiger partial charge in [0.05, 0.1) is 25.7 Å². The van der Waals surface area contributed by atoms with Crippen LogP contribution in [0.15, 0.2) is 18.2 Å². The zero-order chi connectivity index (χ0) is 15.4. The van der Waals surface area contributed by atoms with Crippen molar-refractivity contribution in [2.45, 2.75) is 38.2 Å². The van der Waals surface area contributed by atoms with Crippen molar-refractivity contribution in [3.8, 4) is 0 Å². The van der Waals surface area contributed by atoms with Gasteiger partial charge in [0.15, 0.2) is 0 Å². The number of anilines is 2. The summed E-state index contributed by atoms with van der Waals surface area (Å²) in [7, 11) is 0. The number of rotatable bonds is 5. The Bertz CT molecular complexity index is 527. The molecule has 22 heavy (non-hydrogen) atoms. The number of fused-ring (bicyclic) bond motifs is 1. The molecule has 2 aliphatic heterocycles. The Morgan fingerprint density at radius 1 is 1.41 bits per heavy atom. The predicted octanol–water partition coefficient (Wildman–Crippen LogP) is 2.13. The highest BCUT2D eigenvalue weighted by atomic mass is 16.5. The van der Waals surface area contributed by atoms with Gasteiger partial charge < -0.3 is 20.1 Å². The highest BCUT2D eigenvalue weighted by Gasteiger charge is 2.23. The van der Waals surface area contributed by atoms with Crippen molar-refractivity contribution < 1.29 is 14.3 Å². The molecule has 1 aromatic rings. The minimum absolute atomic E-state index is 0.110. The van der Waals surface area contributed by atoms with Crippen LogP contribution >= 0.6 is 0 Å². The Morgan fingerprint density at radius 3 is 3.14 bits per heavy atom. The second-order valence-corrected chi connectivity index (χ2v) is 5.95. The average Bonchev–Trinajstić information content (AvgIpc) is 3.05. The first-order chi connectivity index (χ1) is 10.8. The van der Waals surface area contributed by atoms with Crippen molar-refractivity contribution in [3.05, 3.63) is 23.8 Å². The van der Waals surface area contributed by atoms with Gasteiger partial charge in [-0.3, -0.25) is 4.79 Å². The average molecular weight is 304 g/mol. The van der Waals surface area contributed by atoms with Crippen molar-refractivity contribution >= 4 is 17.3 Å². The van der Waals surface area contributed by atoms with E-state index in [1.807, 2.05) is 23.1 Å². The van der Waals surface area contributed by atoms with Gasteiger partial charge in [-0.2, -0.15) is 0 Å². The third-order valence-electron chi connectivity index (χ3n) is 4.38. The summed E-state index contributed by atoms with van der Waals surface area (Å²) in [5.41, 5.74) is 8.87. The summed E-state index contributed by atoms with van der Waals surface area (Å²) in [6.45, 7) is 2.64. The third kappa shape index (κ3) is 3.42.